The summed E-state index contributed by atoms with van der Waals surface area (Å²) in [6.45, 7) is 8.15. The molecular formula is C15H23BrN2O2. The fraction of sp³-hybridized carbons (Fsp3) is 0.533. The first-order valence-corrected chi connectivity index (χ1v) is 7.63. The lowest BCUT2D eigenvalue weighted by Gasteiger charge is -2.20. The van der Waals surface area contributed by atoms with Gasteiger partial charge in [-0.2, -0.15) is 0 Å². The maximum atomic E-state index is 11.8. The van der Waals surface area contributed by atoms with Gasteiger partial charge in [-0.15, -0.1) is 0 Å². The van der Waals surface area contributed by atoms with Crippen LogP contribution in [0.1, 0.15) is 31.9 Å². The van der Waals surface area contributed by atoms with Gasteiger partial charge in [0.2, 0.25) is 0 Å². The Bertz CT molecular complexity index is 475. The first kappa shape index (κ1) is 17.0. The number of ether oxygens (including phenoxy) is 1. The standard InChI is InChI=1S/C15H23BrN2O2/c1-5-18-15(19)11(4)20-14-9(2)6-13(16)8-12(14)7-10(3)17/h6,8,10-11H,5,7,17H2,1-4H3,(H,18,19). The summed E-state index contributed by atoms with van der Waals surface area (Å²) in [6.07, 6.45) is 0.180. The van der Waals surface area contributed by atoms with Crippen LogP contribution >= 0.6 is 15.9 Å². The van der Waals surface area contributed by atoms with Gasteiger partial charge in [0.05, 0.1) is 0 Å². The number of rotatable bonds is 6. The van der Waals surface area contributed by atoms with Gasteiger partial charge in [0.1, 0.15) is 5.75 Å². The van der Waals surface area contributed by atoms with Crippen molar-refractivity contribution in [2.45, 2.75) is 46.3 Å². The number of hydrogen-bond donors (Lipinski definition) is 2. The van der Waals surface area contributed by atoms with E-state index >= 15 is 0 Å². The largest absolute Gasteiger partial charge is 0.480 e. The third-order valence-corrected chi connectivity index (χ3v) is 3.33. The number of hydrogen-bond acceptors (Lipinski definition) is 3. The third kappa shape index (κ3) is 4.80. The Labute approximate surface area is 129 Å². The molecule has 4 nitrogen and oxygen atoms in total. The van der Waals surface area contributed by atoms with Crippen molar-refractivity contribution in [2.24, 2.45) is 5.73 Å². The molecule has 5 heteroatoms. The summed E-state index contributed by atoms with van der Waals surface area (Å²) >= 11 is 3.48. The van der Waals surface area contributed by atoms with Crippen LogP contribution in [0.2, 0.25) is 0 Å². The van der Waals surface area contributed by atoms with E-state index in [4.69, 9.17) is 10.5 Å². The number of likely N-dealkylation sites (N-methyl/N-ethyl adjacent to an activating group) is 1. The van der Waals surface area contributed by atoms with Gasteiger partial charge in [-0.3, -0.25) is 4.79 Å². The highest BCUT2D eigenvalue weighted by molar-refractivity contribution is 9.10. The molecule has 1 aromatic carbocycles. The molecule has 112 valence electrons. The molecule has 0 spiro atoms. The van der Waals surface area contributed by atoms with Crippen molar-refractivity contribution in [1.82, 2.24) is 5.32 Å². The fourth-order valence-corrected chi connectivity index (χ4v) is 2.63. The fourth-order valence-electron chi connectivity index (χ4n) is 2.01. The second kappa shape index (κ2) is 7.64. The van der Waals surface area contributed by atoms with Gasteiger partial charge in [0.15, 0.2) is 6.10 Å². The molecule has 0 heterocycles. The maximum Gasteiger partial charge on any atom is 0.260 e. The Hall–Kier alpha value is -1.07. The molecule has 0 radical (unpaired) electrons. The molecule has 20 heavy (non-hydrogen) atoms. The SMILES string of the molecule is CCNC(=O)C(C)Oc1c(C)cc(Br)cc1CC(C)N. The maximum absolute atomic E-state index is 11.8. The molecule has 0 aliphatic carbocycles. The summed E-state index contributed by atoms with van der Waals surface area (Å²) in [5.41, 5.74) is 7.89. The second-order valence-electron chi connectivity index (χ2n) is 5.05. The van der Waals surface area contributed by atoms with Crippen molar-refractivity contribution in [3.63, 3.8) is 0 Å². The number of carbonyl (C=O) groups excluding carboxylic acids is 1. The summed E-state index contributed by atoms with van der Waals surface area (Å²) in [7, 11) is 0. The summed E-state index contributed by atoms with van der Waals surface area (Å²) in [4.78, 5) is 11.8. The van der Waals surface area contributed by atoms with E-state index in [0.717, 1.165) is 21.3 Å². The predicted octanol–water partition coefficient (Wildman–Crippen LogP) is 2.55. The number of benzene rings is 1. The number of nitrogens with one attached hydrogen (secondary N) is 1. The Morgan fingerprint density at radius 2 is 2.10 bits per heavy atom. The molecule has 1 rings (SSSR count). The van der Waals surface area contributed by atoms with Crippen molar-refractivity contribution in [3.8, 4) is 5.75 Å². The number of nitrogens with two attached hydrogens (primary N) is 1. The first-order valence-electron chi connectivity index (χ1n) is 6.84. The quantitative estimate of drug-likeness (QED) is 0.834. The molecule has 0 aromatic heterocycles. The molecule has 1 aromatic rings. The van der Waals surface area contributed by atoms with Crippen LogP contribution in [0.25, 0.3) is 0 Å². The molecule has 1 amide bonds. The Kier molecular flexibility index (Phi) is 6.49. The summed E-state index contributed by atoms with van der Waals surface area (Å²) in [6, 6.07) is 4.01. The lowest BCUT2D eigenvalue weighted by Crippen LogP contribution is -2.36. The second-order valence-corrected chi connectivity index (χ2v) is 5.96. The number of halogens is 1. The van der Waals surface area contributed by atoms with E-state index < -0.39 is 6.10 Å². The Morgan fingerprint density at radius 1 is 1.45 bits per heavy atom. The Morgan fingerprint density at radius 3 is 2.65 bits per heavy atom. The van der Waals surface area contributed by atoms with Crippen molar-refractivity contribution >= 4 is 21.8 Å². The highest BCUT2D eigenvalue weighted by Crippen LogP contribution is 2.29. The van der Waals surface area contributed by atoms with Crippen LogP contribution in [0.3, 0.4) is 0 Å². The van der Waals surface area contributed by atoms with Crippen molar-refractivity contribution in [2.75, 3.05) is 6.54 Å². The molecule has 0 saturated carbocycles. The van der Waals surface area contributed by atoms with Crippen LogP contribution in [0.5, 0.6) is 5.75 Å². The van der Waals surface area contributed by atoms with E-state index in [1.165, 1.54) is 0 Å². The monoisotopic (exact) mass is 342 g/mol. The van der Waals surface area contributed by atoms with E-state index in [1.807, 2.05) is 32.9 Å². The van der Waals surface area contributed by atoms with E-state index in [0.29, 0.717) is 13.0 Å². The van der Waals surface area contributed by atoms with Crippen LogP contribution in [0.15, 0.2) is 16.6 Å². The zero-order valence-electron chi connectivity index (χ0n) is 12.5. The molecule has 0 saturated heterocycles. The van der Waals surface area contributed by atoms with E-state index in [1.54, 1.807) is 6.92 Å². The Balaban J connectivity index is 3.00. The number of carbonyl (C=O) groups is 1. The summed E-state index contributed by atoms with van der Waals surface area (Å²) in [5.74, 6) is 0.644. The normalized spacial score (nSPS) is 13.7. The average molecular weight is 343 g/mol. The topological polar surface area (TPSA) is 64.3 Å². The highest BCUT2D eigenvalue weighted by Gasteiger charge is 2.18. The van der Waals surface area contributed by atoms with Gasteiger partial charge < -0.3 is 15.8 Å². The zero-order valence-corrected chi connectivity index (χ0v) is 14.1. The summed E-state index contributed by atoms with van der Waals surface area (Å²) in [5, 5.41) is 2.76. The predicted molar refractivity (Wildman–Crippen MR) is 85.0 cm³/mol. The highest BCUT2D eigenvalue weighted by atomic mass is 79.9. The van der Waals surface area contributed by atoms with E-state index in [9.17, 15) is 4.79 Å². The molecular weight excluding hydrogens is 320 g/mol. The van der Waals surface area contributed by atoms with Crippen LogP contribution in [-0.2, 0) is 11.2 Å². The van der Waals surface area contributed by atoms with Crippen LogP contribution in [0, 0.1) is 6.92 Å². The van der Waals surface area contributed by atoms with Gasteiger partial charge in [-0.25, -0.2) is 0 Å². The third-order valence-electron chi connectivity index (χ3n) is 2.87. The zero-order chi connectivity index (χ0) is 15.3. The number of amides is 1. The first-order chi connectivity index (χ1) is 9.35. The van der Waals surface area contributed by atoms with Gasteiger partial charge >= 0.3 is 0 Å². The van der Waals surface area contributed by atoms with Crippen molar-refractivity contribution in [3.05, 3.63) is 27.7 Å². The lowest BCUT2D eigenvalue weighted by atomic mass is 10.0. The van der Waals surface area contributed by atoms with Gasteiger partial charge in [-0.1, -0.05) is 15.9 Å². The molecule has 3 N–H and O–H groups in total. The molecule has 0 aliphatic rings. The minimum Gasteiger partial charge on any atom is -0.480 e. The van der Waals surface area contributed by atoms with Crippen molar-refractivity contribution < 1.29 is 9.53 Å². The molecule has 0 aliphatic heterocycles. The van der Waals surface area contributed by atoms with E-state index in [-0.39, 0.29) is 11.9 Å². The van der Waals surface area contributed by atoms with Crippen molar-refractivity contribution in [1.29, 1.82) is 0 Å². The molecule has 0 bridgehead atoms. The molecule has 2 unspecified atom stereocenters. The average Bonchev–Trinajstić information content (AvgIpc) is 2.32. The molecule has 2 atom stereocenters. The molecule has 0 fully saturated rings. The van der Waals surface area contributed by atoms with Crippen LogP contribution in [-0.4, -0.2) is 24.6 Å². The minimum absolute atomic E-state index is 0.0332. The van der Waals surface area contributed by atoms with Gasteiger partial charge in [0.25, 0.3) is 5.91 Å². The minimum atomic E-state index is -0.526. The lowest BCUT2D eigenvalue weighted by molar-refractivity contribution is -0.127. The smallest absolute Gasteiger partial charge is 0.260 e. The van der Waals surface area contributed by atoms with Crippen LogP contribution < -0.4 is 15.8 Å². The number of aryl methyl sites for hydroxylation is 1. The van der Waals surface area contributed by atoms with Gasteiger partial charge in [-0.05, 0) is 57.4 Å². The van der Waals surface area contributed by atoms with Gasteiger partial charge in [0, 0.05) is 17.1 Å². The summed E-state index contributed by atoms with van der Waals surface area (Å²) < 4.78 is 6.85. The van der Waals surface area contributed by atoms with E-state index in [2.05, 4.69) is 21.2 Å². The van der Waals surface area contributed by atoms with Crippen LogP contribution in [0.4, 0.5) is 0 Å².